The van der Waals surface area contributed by atoms with E-state index < -0.39 is 11.7 Å². The standard InChI is InChI=1S/C26H43F3O/c1-5-7-8-9-10-13-16-23(25(3,4)30-6-2)17-14-11-12-15-22-18-20-24(21-19-22)26(27,28)29/h18-21,23H,5-17H2,1-4H3. The summed E-state index contributed by atoms with van der Waals surface area (Å²) in [6, 6.07) is 5.61. The minimum absolute atomic E-state index is 0.0917. The van der Waals surface area contributed by atoms with Gasteiger partial charge in [0.1, 0.15) is 0 Å². The molecule has 1 aromatic carbocycles. The molecule has 0 spiro atoms. The second-order valence-corrected chi connectivity index (χ2v) is 9.08. The van der Waals surface area contributed by atoms with Crippen molar-refractivity contribution in [1.29, 1.82) is 0 Å². The average molecular weight is 429 g/mol. The van der Waals surface area contributed by atoms with Crippen LogP contribution in [-0.4, -0.2) is 12.2 Å². The summed E-state index contributed by atoms with van der Waals surface area (Å²) in [7, 11) is 0. The second kappa shape index (κ2) is 14.1. The molecule has 174 valence electrons. The molecule has 0 bridgehead atoms. The number of rotatable bonds is 16. The predicted molar refractivity (Wildman–Crippen MR) is 121 cm³/mol. The van der Waals surface area contributed by atoms with E-state index in [2.05, 4.69) is 27.7 Å². The van der Waals surface area contributed by atoms with Gasteiger partial charge in [-0.1, -0.05) is 70.4 Å². The third-order valence-corrected chi connectivity index (χ3v) is 6.20. The smallest absolute Gasteiger partial charge is 0.376 e. The van der Waals surface area contributed by atoms with Crippen molar-refractivity contribution < 1.29 is 17.9 Å². The number of hydrogen-bond donors (Lipinski definition) is 0. The summed E-state index contributed by atoms with van der Waals surface area (Å²) in [5.74, 6) is 0.565. The first-order valence-corrected chi connectivity index (χ1v) is 12.0. The van der Waals surface area contributed by atoms with Crippen molar-refractivity contribution >= 4 is 0 Å². The van der Waals surface area contributed by atoms with Crippen LogP contribution in [0.2, 0.25) is 0 Å². The van der Waals surface area contributed by atoms with Crippen LogP contribution >= 0.6 is 0 Å². The van der Waals surface area contributed by atoms with Crippen molar-refractivity contribution in [2.24, 2.45) is 5.92 Å². The van der Waals surface area contributed by atoms with Crippen LogP contribution in [0.25, 0.3) is 0 Å². The van der Waals surface area contributed by atoms with Crippen LogP contribution < -0.4 is 0 Å². The van der Waals surface area contributed by atoms with Gasteiger partial charge < -0.3 is 4.74 Å². The van der Waals surface area contributed by atoms with Crippen LogP contribution in [0.1, 0.15) is 109 Å². The Labute approximate surface area is 182 Å². The zero-order valence-electron chi connectivity index (χ0n) is 19.6. The van der Waals surface area contributed by atoms with Gasteiger partial charge in [0, 0.05) is 6.61 Å². The molecule has 0 saturated carbocycles. The first kappa shape index (κ1) is 27.0. The van der Waals surface area contributed by atoms with Crippen LogP contribution in [0.15, 0.2) is 24.3 Å². The lowest BCUT2D eigenvalue weighted by Gasteiger charge is -2.34. The summed E-state index contributed by atoms with van der Waals surface area (Å²) in [4.78, 5) is 0. The second-order valence-electron chi connectivity index (χ2n) is 9.08. The SMILES string of the molecule is CCCCCCCCC(CCCCCc1ccc(C(F)(F)F)cc1)C(C)(C)OCC. The maximum atomic E-state index is 12.7. The first-order chi connectivity index (χ1) is 14.2. The predicted octanol–water partition coefficient (Wildman–Crippen LogP) is 8.99. The number of alkyl halides is 3. The Hall–Kier alpha value is -1.03. The van der Waals surface area contributed by atoms with Crippen LogP contribution in [-0.2, 0) is 17.3 Å². The van der Waals surface area contributed by atoms with Crippen molar-refractivity contribution in [3.8, 4) is 0 Å². The summed E-state index contributed by atoms with van der Waals surface area (Å²) in [5.41, 5.74) is 0.328. The molecule has 1 rings (SSSR count). The van der Waals surface area contributed by atoms with Crippen molar-refractivity contribution in [2.45, 2.75) is 117 Å². The van der Waals surface area contributed by atoms with Crippen LogP contribution in [0.3, 0.4) is 0 Å². The zero-order valence-corrected chi connectivity index (χ0v) is 19.6. The molecule has 0 aliphatic heterocycles. The Bertz CT molecular complexity index is 548. The van der Waals surface area contributed by atoms with E-state index in [-0.39, 0.29) is 5.60 Å². The van der Waals surface area contributed by atoms with E-state index in [4.69, 9.17) is 4.74 Å². The molecule has 0 aliphatic carbocycles. The van der Waals surface area contributed by atoms with Gasteiger partial charge in [0.2, 0.25) is 0 Å². The summed E-state index contributed by atoms with van der Waals surface area (Å²) in [6.07, 6.45) is 10.1. The van der Waals surface area contributed by atoms with Gasteiger partial charge in [0.05, 0.1) is 11.2 Å². The van der Waals surface area contributed by atoms with E-state index in [1.807, 2.05) is 0 Å². The van der Waals surface area contributed by atoms with E-state index in [9.17, 15) is 13.2 Å². The lowest BCUT2D eigenvalue weighted by Crippen LogP contribution is -2.34. The van der Waals surface area contributed by atoms with Gasteiger partial charge >= 0.3 is 6.18 Å². The summed E-state index contributed by atoms with van der Waals surface area (Å²) in [6.45, 7) is 9.50. The maximum absolute atomic E-state index is 12.7. The maximum Gasteiger partial charge on any atom is 0.416 e. The molecule has 0 fully saturated rings. The normalized spacial score (nSPS) is 13.6. The molecule has 1 aromatic rings. The van der Waals surface area contributed by atoms with Crippen LogP contribution in [0.5, 0.6) is 0 Å². The molecule has 0 N–H and O–H groups in total. The first-order valence-electron chi connectivity index (χ1n) is 12.0. The van der Waals surface area contributed by atoms with E-state index >= 15 is 0 Å². The molecule has 4 heteroatoms. The number of ether oxygens (including phenoxy) is 1. The highest BCUT2D eigenvalue weighted by atomic mass is 19.4. The lowest BCUT2D eigenvalue weighted by atomic mass is 9.82. The molecule has 30 heavy (non-hydrogen) atoms. The number of aryl methyl sites for hydroxylation is 1. The van der Waals surface area contributed by atoms with Crippen LogP contribution in [0.4, 0.5) is 13.2 Å². The highest BCUT2D eigenvalue weighted by Gasteiger charge is 2.30. The Morgan fingerprint density at radius 1 is 0.767 bits per heavy atom. The van der Waals surface area contributed by atoms with E-state index in [0.29, 0.717) is 5.92 Å². The Balaban J connectivity index is 2.37. The van der Waals surface area contributed by atoms with Gasteiger partial charge in [-0.2, -0.15) is 13.2 Å². The van der Waals surface area contributed by atoms with Crippen molar-refractivity contribution in [3.63, 3.8) is 0 Å². The molecule has 0 aliphatic rings. The fourth-order valence-corrected chi connectivity index (χ4v) is 4.26. The molecule has 0 radical (unpaired) electrons. The molecule has 1 unspecified atom stereocenters. The number of halogens is 3. The van der Waals surface area contributed by atoms with E-state index in [1.54, 1.807) is 12.1 Å². The fourth-order valence-electron chi connectivity index (χ4n) is 4.26. The van der Waals surface area contributed by atoms with Crippen molar-refractivity contribution in [1.82, 2.24) is 0 Å². The molecule has 0 saturated heterocycles. The van der Waals surface area contributed by atoms with Gasteiger partial charge in [-0.15, -0.1) is 0 Å². The molecule has 1 atom stereocenters. The lowest BCUT2D eigenvalue weighted by molar-refractivity contribution is -0.137. The molecular weight excluding hydrogens is 385 g/mol. The fraction of sp³-hybridized carbons (Fsp3) is 0.769. The third kappa shape index (κ3) is 10.8. The highest BCUT2D eigenvalue weighted by Crippen LogP contribution is 2.32. The molecular formula is C26H43F3O. The van der Waals surface area contributed by atoms with E-state index in [1.165, 1.54) is 57.1 Å². The van der Waals surface area contributed by atoms with Gasteiger partial charge in [-0.25, -0.2) is 0 Å². The van der Waals surface area contributed by atoms with Crippen molar-refractivity contribution in [2.75, 3.05) is 6.61 Å². The van der Waals surface area contributed by atoms with Crippen molar-refractivity contribution in [3.05, 3.63) is 35.4 Å². The topological polar surface area (TPSA) is 9.23 Å². The quantitative estimate of drug-likeness (QED) is 0.239. The molecule has 0 heterocycles. The Morgan fingerprint density at radius 3 is 1.83 bits per heavy atom. The summed E-state index contributed by atoms with van der Waals surface area (Å²) >= 11 is 0. The highest BCUT2D eigenvalue weighted by molar-refractivity contribution is 5.24. The minimum atomic E-state index is -4.25. The molecule has 0 aromatic heterocycles. The molecule has 0 amide bonds. The van der Waals surface area contributed by atoms with Gasteiger partial charge in [-0.3, -0.25) is 0 Å². The van der Waals surface area contributed by atoms with Gasteiger partial charge in [0.25, 0.3) is 0 Å². The Morgan fingerprint density at radius 2 is 1.30 bits per heavy atom. The monoisotopic (exact) mass is 428 g/mol. The Kier molecular flexibility index (Phi) is 12.7. The van der Waals surface area contributed by atoms with E-state index in [0.717, 1.165) is 44.3 Å². The molecule has 1 nitrogen and oxygen atoms in total. The average Bonchev–Trinajstić information content (AvgIpc) is 2.68. The van der Waals surface area contributed by atoms with Gasteiger partial charge in [0.15, 0.2) is 0 Å². The number of unbranched alkanes of at least 4 members (excludes halogenated alkanes) is 7. The number of hydrogen-bond acceptors (Lipinski definition) is 1. The minimum Gasteiger partial charge on any atom is -0.376 e. The van der Waals surface area contributed by atoms with Gasteiger partial charge in [-0.05, 0) is 70.1 Å². The summed E-state index contributed by atoms with van der Waals surface area (Å²) < 4.78 is 44.0. The van der Waals surface area contributed by atoms with Crippen LogP contribution in [0, 0.1) is 5.92 Å². The third-order valence-electron chi connectivity index (χ3n) is 6.20. The zero-order chi connectivity index (χ0) is 22.5. The number of benzene rings is 1. The summed E-state index contributed by atoms with van der Waals surface area (Å²) in [5, 5.41) is 0. The largest absolute Gasteiger partial charge is 0.416 e.